The van der Waals surface area contributed by atoms with Crippen molar-refractivity contribution in [3.8, 4) is 0 Å². The molecule has 0 radical (unpaired) electrons. The molecule has 0 saturated carbocycles. The molecular weight excluding hydrogens is 210 g/mol. The number of hydrogen-bond acceptors (Lipinski definition) is 3. The Bertz CT molecular complexity index is 338. The van der Waals surface area contributed by atoms with Crippen LogP contribution in [-0.2, 0) is 0 Å². The normalized spacial score (nSPS) is 14.4. The van der Waals surface area contributed by atoms with Crippen molar-refractivity contribution in [2.75, 3.05) is 25.5 Å². The van der Waals surface area contributed by atoms with Crippen molar-refractivity contribution in [2.24, 2.45) is 5.92 Å². The summed E-state index contributed by atoms with van der Waals surface area (Å²) in [6.07, 6.45) is 3.07. The van der Waals surface area contributed by atoms with E-state index in [2.05, 4.69) is 49.1 Å². The fourth-order valence-electron chi connectivity index (χ4n) is 1.90. The van der Waals surface area contributed by atoms with Gasteiger partial charge in [-0.1, -0.05) is 26.3 Å². The van der Waals surface area contributed by atoms with Gasteiger partial charge in [-0.25, -0.2) is 4.98 Å². The number of anilines is 1. The van der Waals surface area contributed by atoms with Crippen molar-refractivity contribution in [2.45, 2.75) is 33.2 Å². The van der Waals surface area contributed by atoms with E-state index in [9.17, 15) is 0 Å². The van der Waals surface area contributed by atoms with Gasteiger partial charge in [0.05, 0.1) is 0 Å². The summed E-state index contributed by atoms with van der Waals surface area (Å²) in [6, 6.07) is 4.48. The molecule has 0 fully saturated rings. The van der Waals surface area contributed by atoms with E-state index in [0.29, 0.717) is 12.0 Å². The third kappa shape index (κ3) is 3.70. The van der Waals surface area contributed by atoms with Crippen LogP contribution in [0.4, 0.5) is 5.82 Å². The first-order valence-electron chi connectivity index (χ1n) is 6.43. The lowest BCUT2D eigenvalue weighted by atomic mass is 10.1. The fraction of sp³-hybridized carbons (Fsp3) is 0.643. The number of aromatic nitrogens is 1. The quantitative estimate of drug-likeness (QED) is 0.822. The first-order valence-corrected chi connectivity index (χ1v) is 6.43. The maximum Gasteiger partial charge on any atom is 0.133 e. The molecule has 0 aliphatic rings. The maximum atomic E-state index is 4.52. The zero-order valence-electron chi connectivity index (χ0n) is 11.7. The third-order valence-electron chi connectivity index (χ3n) is 3.36. The number of nitrogens with one attached hydrogen (secondary N) is 1. The smallest absolute Gasteiger partial charge is 0.133 e. The Kier molecular flexibility index (Phi) is 5.42. The van der Waals surface area contributed by atoms with E-state index in [-0.39, 0.29) is 0 Å². The van der Waals surface area contributed by atoms with E-state index in [1.807, 2.05) is 19.3 Å². The van der Waals surface area contributed by atoms with E-state index in [0.717, 1.165) is 12.4 Å². The summed E-state index contributed by atoms with van der Waals surface area (Å²) in [5, 5.41) is 3.28. The predicted molar refractivity (Wildman–Crippen MR) is 74.4 cm³/mol. The predicted octanol–water partition coefficient (Wildman–Crippen LogP) is 2.84. The van der Waals surface area contributed by atoms with Crippen molar-refractivity contribution in [1.29, 1.82) is 0 Å². The van der Waals surface area contributed by atoms with Gasteiger partial charge < -0.3 is 10.2 Å². The Morgan fingerprint density at radius 1 is 1.41 bits per heavy atom. The molecule has 17 heavy (non-hydrogen) atoms. The molecule has 1 N–H and O–H groups in total. The van der Waals surface area contributed by atoms with Crippen LogP contribution in [-0.4, -0.2) is 25.6 Å². The van der Waals surface area contributed by atoms with Crippen molar-refractivity contribution in [3.63, 3.8) is 0 Å². The van der Waals surface area contributed by atoms with Gasteiger partial charge in [0.2, 0.25) is 0 Å². The summed E-state index contributed by atoms with van der Waals surface area (Å²) in [4.78, 5) is 6.78. The van der Waals surface area contributed by atoms with Crippen LogP contribution >= 0.6 is 0 Å². The Morgan fingerprint density at radius 2 is 2.12 bits per heavy atom. The summed E-state index contributed by atoms with van der Waals surface area (Å²) in [6.45, 7) is 7.73. The third-order valence-corrected chi connectivity index (χ3v) is 3.36. The van der Waals surface area contributed by atoms with Gasteiger partial charge in [-0.2, -0.15) is 0 Å². The zero-order valence-corrected chi connectivity index (χ0v) is 11.7. The lowest BCUT2D eigenvalue weighted by Crippen LogP contribution is -2.27. The van der Waals surface area contributed by atoms with E-state index in [1.54, 1.807) is 0 Å². The minimum atomic E-state index is 0.332. The second kappa shape index (κ2) is 6.60. The minimum absolute atomic E-state index is 0.332. The summed E-state index contributed by atoms with van der Waals surface area (Å²) in [5.41, 5.74) is 1.26. The van der Waals surface area contributed by atoms with Crippen LogP contribution < -0.4 is 10.2 Å². The van der Waals surface area contributed by atoms with E-state index < -0.39 is 0 Å². The van der Waals surface area contributed by atoms with Gasteiger partial charge in [0.1, 0.15) is 5.82 Å². The number of rotatable bonds is 6. The second-order valence-corrected chi connectivity index (χ2v) is 4.82. The van der Waals surface area contributed by atoms with Crippen molar-refractivity contribution in [3.05, 3.63) is 23.9 Å². The van der Waals surface area contributed by atoms with Gasteiger partial charge in [0.15, 0.2) is 0 Å². The zero-order chi connectivity index (χ0) is 12.8. The fourth-order valence-corrected chi connectivity index (χ4v) is 1.90. The van der Waals surface area contributed by atoms with Gasteiger partial charge in [-0.05, 0) is 26.0 Å². The summed E-state index contributed by atoms with van der Waals surface area (Å²) in [5.74, 6) is 1.79. The molecule has 1 aromatic rings. The summed E-state index contributed by atoms with van der Waals surface area (Å²) >= 11 is 0. The van der Waals surface area contributed by atoms with Crippen LogP contribution in [0.15, 0.2) is 18.3 Å². The number of hydrogen-bond donors (Lipinski definition) is 1. The first-order chi connectivity index (χ1) is 8.10. The molecule has 3 nitrogen and oxygen atoms in total. The van der Waals surface area contributed by atoms with Crippen LogP contribution in [0.3, 0.4) is 0 Å². The molecule has 3 heteroatoms. The van der Waals surface area contributed by atoms with Gasteiger partial charge in [-0.15, -0.1) is 0 Å². The Morgan fingerprint density at radius 3 is 2.71 bits per heavy atom. The molecule has 2 atom stereocenters. The standard InChI is InChI=1S/C14H25N3/c1-6-11(2)10-17(5)14-13(12(3)15-4)8-7-9-16-14/h7-9,11-12,15H,6,10H2,1-5H3. The average Bonchev–Trinajstić information content (AvgIpc) is 2.37. The van der Waals surface area contributed by atoms with Crippen LogP contribution in [0, 0.1) is 5.92 Å². The highest BCUT2D eigenvalue weighted by Gasteiger charge is 2.14. The van der Waals surface area contributed by atoms with Crippen molar-refractivity contribution in [1.82, 2.24) is 10.3 Å². The summed E-state index contributed by atoms with van der Waals surface area (Å²) in [7, 11) is 4.11. The Balaban J connectivity index is 2.88. The molecule has 0 amide bonds. The first kappa shape index (κ1) is 14.0. The van der Waals surface area contributed by atoms with E-state index in [4.69, 9.17) is 0 Å². The molecule has 1 rings (SSSR count). The molecule has 2 unspecified atom stereocenters. The number of nitrogens with zero attached hydrogens (tertiary/aromatic N) is 2. The average molecular weight is 235 g/mol. The summed E-state index contributed by atoms with van der Waals surface area (Å²) < 4.78 is 0. The molecule has 0 spiro atoms. The van der Waals surface area contributed by atoms with Crippen molar-refractivity contribution < 1.29 is 0 Å². The molecule has 1 heterocycles. The van der Waals surface area contributed by atoms with Crippen LogP contribution in [0.25, 0.3) is 0 Å². The Labute approximate surface area is 105 Å². The van der Waals surface area contributed by atoms with Crippen LogP contribution in [0.5, 0.6) is 0 Å². The topological polar surface area (TPSA) is 28.2 Å². The lowest BCUT2D eigenvalue weighted by molar-refractivity contribution is 0.554. The van der Waals surface area contributed by atoms with E-state index >= 15 is 0 Å². The molecule has 0 saturated heterocycles. The maximum absolute atomic E-state index is 4.52. The van der Waals surface area contributed by atoms with Gasteiger partial charge in [-0.3, -0.25) is 0 Å². The van der Waals surface area contributed by atoms with Gasteiger partial charge in [0.25, 0.3) is 0 Å². The second-order valence-electron chi connectivity index (χ2n) is 4.82. The SMILES string of the molecule is CCC(C)CN(C)c1ncccc1C(C)NC. The minimum Gasteiger partial charge on any atom is -0.359 e. The molecule has 0 bridgehead atoms. The lowest BCUT2D eigenvalue weighted by Gasteiger charge is -2.25. The highest BCUT2D eigenvalue weighted by molar-refractivity contribution is 5.47. The monoisotopic (exact) mass is 235 g/mol. The highest BCUT2D eigenvalue weighted by atomic mass is 15.2. The molecule has 96 valence electrons. The van der Waals surface area contributed by atoms with Gasteiger partial charge >= 0.3 is 0 Å². The largest absolute Gasteiger partial charge is 0.359 e. The van der Waals surface area contributed by atoms with Gasteiger partial charge in [0, 0.05) is 31.4 Å². The highest BCUT2D eigenvalue weighted by Crippen LogP contribution is 2.23. The molecule has 0 aromatic carbocycles. The molecule has 0 aliphatic carbocycles. The molecule has 0 aliphatic heterocycles. The molecular formula is C14H25N3. The van der Waals surface area contributed by atoms with Crippen LogP contribution in [0.2, 0.25) is 0 Å². The Hall–Kier alpha value is -1.09. The molecule has 1 aromatic heterocycles. The number of pyridine rings is 1. The van der Waals surface area contributed by atoms with E-state index in [1.165, 1.54) is 12.0 Å². The van der Waals surface area contributed by atoms with Crippen LogP contribution in [0.1, 0.15) is 38.8 Å². The van der Waals surface area contributed by atoms with Crippen molar-refractivity contribution >= 4 is 5.82 Å².